The maximum Gasteiger partial charge on any atom is 0.315 e. The minimum Gasteiger partial charge on any atom is -0.338 e. The highest BCUT2D eigenvalue weighted by Gasteiger charge is 2.10. The highest BCUT2D eigenvalue weighted by molar-refractivity contribution is 7.89. The maximum absolute atomic E-state index is 11.7. The number of amides is 2. The van der Waals surface area contributed by atoms with Crippen LogP contribution in [0.25, 0.3) is 0 Å². The van der Waals surface area contributed by atoms with Crippen molar-refractivity contribution >= 4 is 16.1 Å². The molecular weight excluding hydrogens is 328 g/mol. The molecule has 1 heterocycles. The Kier molecular flexibility index (Phi) is 6.28. The molecule has 2 rings (SSSR count). The first-order valence-corrected chi connectivity index (χ1v) is 8.93. The summed E-state index contributed by atoms with van der Waals surface area (Å²) in [5.41, 5.74) is 1.73. The SMILES string of the molecule is CNS(=O)(=O)c1ccc(CNC(=O)NCCc2ccccn2)cc1. The molecular formula is C16H20N4O3S. The van der Waals surface area contributed by atoms with Gasteiger partial charge in [-0.05, 0) is 36.9 Å². The number of carbonyl (C=O) groups is 1. The van der Waals surface area contributed by atoms with Crippen molar-refractivity contribution in [1.29, 1.82) is 0 Å². The van der Waals surface area contributed by atoms with Gasteiger partial charge in [0.25, 0.3) is 0 Å². The van der Waals surface area contributed by atoms with Crippen molar-refractivity contribution in [2.24, 2.45) is 0 Å². The number of sulfonamides is 1. The lowest BCUT2D eigenvalue weighted by molar-refractivity contribution is 0.240. The molecule has 1 aromatic heterocycles. The van der Waals surface area contributed by atoms with E-state index in [4.69, 9.17) is 0 Å². The van der Waals surface area contributed by atoms with E-state index >= 15 is 0 Å². The van der Waals surface area contributed by atoms with Crippen molar-refractivity contribution in [1.82, 2.24) is 20.3 Å². The molecule has 0 radical (unpaired) electrons. The fourth-order valence-corrected chi connectivity index (χ4v) is 2.73. The van der Waals surface area contributed by atoms with Crippen LogP contribution >= 0.6 is 0 Å². The molecule has 0 aliphatic carbocycles. The minimum atomic E-state index is -3.44. The highest BCUT2D eigenvalue weighted by Crippen LogP contribution is 2.09. The molecule has 0 aliphatic rings. The Morgan fingerprint density at radius 1 is 1.08 bits per heavy atom. The molecule has 0 atom stereocenters. The molecule has 2 aromatic rings. The van der Waals surface area contributed by atoms with Crippen molar-refractivity contribution in [3.8, 4) is 0 Å². The molecule has 3 N–H and O–H groups in total. The Bertz CT molecular complexity index is 762. The van der Waals surface area contributed by atoms with Gasteiger partial charge in [0.1, 0.15) is 0 Å². The zero-order chi connectivity index (χ0) is 17.4. The summed E-state index contributed by atoms with van der Waals surface area (Å²) in [5.74, 6) is 0. The molecule has 0 saturated carbocycles. The van der Waals surface area contributed by atoms with E-state index in [1.54, 1.807) is 18.3 Å². The van der Waals surface area contributed by atoms with Gasteiger partial charge in [-0.15, -0.1) is 0 Å². The number of urea groups is 1. The van der Waals surface area contributed by atoms with Crippen molar-refractivity contribution in [3.63, 3.8) is 0 Å². The van der Waals surface area contributed by atoms with Crippen LogP contribution in [0.5, 0.6) is 0 Å². The van der Waals surface area contributed by atoms with Crippen LogP contribution in [0.2, 0.25) is 0 Å². The molecule has 128 valence electrons. The average Bonchev–Trinajstić information content (AvgIpc) is 2.61. The van der Waals surface area contributed by atoms with E-state index < -0.39 is 10.0 Å². The zero-order valence-corrected chi connectivity index (χ0v) is 14.1. The summed E-state index contributed by atoms with van der Waals surface area (Å²) in [6.45, 7) is 0.803. The second-order valence-corrected chi connectivity index (χ2v) is 6.92. The third-order valence-electron chi connectivity index (χ3n) is 3.35. The Balaban J connectivity index is 1.75. The molecule has 0 fully saturated rings. The molecule has 0 unspecified atom stereocenters. The summed E-state index contributed by atoms with van der Waals surface area (Å²) in [7, 11) is -2.08. The van der Waals surface area contributed by atoms with E-state index in [2.05, 4.69) is 20.3 Å². The van der Waals surface area contributed by atoms with Crippen LogP contribution in [-0.2, 0) is 23.0 Å². The third kappa shape index (κ3) is 5.32. The predicted molar refractivity (Wildman–Crippen MR) is 90.9 cm³/mol. The van der Waals surface area contributed by atoms with Crippen LogP contribution in [-0.4, -0.2) is 33.0 Å². The lowest BCUT2D eigenvalue weighted by Crippen LogP contribution is -2.36. The van der Waals surface area contributed by atoms with Crippen molar-refractivity contribution in [2.45, 2.75) is 17.9 Å². The standard InChI is InChI=1S/C16H20N4O3S/c1-17-24(22,23)15-7-5-13(6-8-15)12-20-16(21)19-11-9-14-4-2-3-10-18-14/h2-8,10,17H,9,11-12H2,1H3,(H2,19,20,21). The smallest absolute Gasteiger partial charge is 0.315 e. The van der Waals surface area contributed by atoms with Gasteiger partial charge in [-0.3, -0.25) is 4.98 Å². The molecule has 0 aliphatic heterocycles. The van der Waals surface area contributed by atoms with Gasteiger partial charge in [-0.1, -0.05) is 18.2 Å². The van der Waals surface area contributed by atoms with Crippen LogP contribution in [0.1, 0.15) is 11.3 Å². The van der Waals surface area contributed by atoms with Crippen LogP contribution < -0.4 is 15.4 Å². The Hall–Kier alpha value is -2.45. The maximum atomic E-state index is 11.7. The van der Waals surface area contributed by atoms with Gasteiger partial charge < -0.3 is 10.6 Å². The number of hydrogen-bond acceptors (Lipinski definition) is 4. The molecule has 0 saturated heterocycles. The number of aromatic nitrogens is 1. The Labute approximate surface area is 141 Å². The van der Waals surface area contributed by atoms with Crippen LogP contribution in [0, 0.1) is 0 Å². The Morgan fingerprint density at radius 2 is 1.83 bits per heavy atom. The van der Waals surface area contributed by atoms with Gasteiger partial charge in [0.15, 0.2) is 0 Å². The highest BCUT2D eigenvalue weighted by atomic mass is 32.2. The molecule has 1 aromatic carbocycles. The van der Waals surface area contributed by atoms with Crippen LogP contribution in [0.4, 0.5) is 4.79 Å². The van der Waals surface area contributed by atoms with Crippen LogP contribution in [0.3, 0.4) is 0 Å². The quantitative estimate of drug-likeness (QED) is 0.696. The summed E-state index contributed by atoms with van der Waals surface area (Å²) in [5, 5.41) is 5.47. The zero-order valence-electron chi connectivity index (χ0n) is 13.3. The number of carbonyl (C=O) groups excluding carboxylic acids is 1. The van der Waals surface area contributed by atoms with Gasteiger partial charge >= 0.3 is 6.03 Å². The predicted octanol–water partition coefficient (Wildman–Crippen LogP) is 1.03. The fourth-order valence-electron chi connectivity index (χ4n) is 2.00. The minimum absolute atomic E-state index is 0.188. The molecule has 8 heteroatoms. The molecule has 24 heavy (non-hydrogen) atoms. The first-order chi connectivity index (χ1) is 11.5. The normalized spacial score (nSPS) is 11.0. The number of hydrogen-bond donors (Lipinski definition) is 3. The Morgan fingerprint density at radius 3 is 2.46 bits per heavy atom. The topological polar surface area (TPSA) is 100 Å². The number of rotatable bonds is 7. The van der Waals surface area contributed by atoms with Crippen molar-refractivity contribution in [3.05, 3.63) is 59.9 Å². The monoisotopic (exact) mass is 348 g/mol. The van der Waals surface area contributed by atoms with E-state index in [-0.39, 0.29) is 10.9 Å². The van der Waals surface area contributed by atoms with Crippen molar-refractivity contribution in [2.75, 3.05) is 13.6 Å². The van der Waals surface area contributed by atoms with Gasteiger partial charge in [0, 0.05) is 31.4 Å². The lowest BCUT2D eigenvalue weighted by atomic mass is 10.2. The summed E-state index contributed by atoms with van der Waals surface area (Å²) in [6, 6.07) is 11.7. The summed E-state index contributed by atoms with van der Waals surface area (Å²) >= 11 is 0. The third-order valence-corrected chi connectivity index (χ3v) is 4.78. The van der Waals surface area contributed by atoms with Gasteiger partial charge in [0.05, 0.1) is 4.90 Å². The average molecular weight is 348 g/mol. The van der Waals surface area contributed by atoms with Gasteiger partial charge in [0.2, 0.25) is 10.0 Å². The fraction of sp³-hybridized carbons (Fsp3) is 0.250. The molecule has 0 spiro atoms. The molecule has 0 bridgehead atoms. The van der Waals surface area contributed by atoms with E-state index in [1.807, 2.05) is 18.2 Å². The van der Waals surface area contributed by atoms with Gasteiger partial charge in [-0.2, -0.15) is 0 Å². The van der Waals surface area contributed by atoms with Crippen LogP contribution in [0.15, 0.2) is 53.6 Å². The van der Waals surface area contributed by atoms with E-state index in [0.29, 0.717) is 19.5 Å². The first kappa shape index (κ1) is 17.9. The summed E-state index contributed by atoms with van der Waals surface area (Å²) < 4.78 is 25.5. The van der Waals surface area contributed by atoms with E-state index in [9.17, 15) is 13.2 Å². The van der Waals surface area contributed by atoms with Gasteiger partial charge in [-0.25, -0.2) is 17.9 Å². The first-order valence-electron chi connectivity index (χ1n) is 7.45. The second-order valence-electron chi connectivity index (χ2n) is 5.03. The van der Waals surface area contributed by atoms with E-state index in [0.717, 1.165) is 11.3 Å². The van der Waals surface area contributed by atoms with E-state index in [1.165, 1.54) is 19.2 Å². The number of nitrogens with zero attached hydrogens (tertiary/aromatic N) is 1. The second kappa shape index (κ2) is 8.42. The summed E-state index contributed by atoms with van der Waals surface area (Å²) in [6.07, 6.45) is 2.37. The summed E-state index contributed by atoms with van der Waals surface area (Å²) in [4.78, 5) is 16.1. The molecule has 2 amide bonds. The lowest BCUT2D eigenvalue weighted by Gasteiger charge is -2.08. The number of benzene rings is 1. The largest absolute Gasteiger partial charge is 0.338 e. The van der Waals surface area contributed by atoms with Crippen molar-refractivity contribution < 1.29 is 13.2 Å². The molecule has 7 nitrogen and oxygen atoms in total. The number of nitrogens with one attached hydrogen (secondary N) is 3. The number of pyridine rings is 1.